The molecule has 4 rings (SSSR count). The van der Waals surface area contributed by atoms with Gasteiger partial charge in [-0.1, -0.05) is 0 Å². The number of hydrogen-bond acceptors (Lipinski definition) is 8. The number of alkyl carbamates (subject to hydrolysis) is 1. The quantitative estimate of drug-likeness (QED) is 0.232. The number of nitrogens with zero attached hydrogens (tertiary/aromatic N) is 3. The van der Waals surface area contributed by atoms with Crippen molar-refractivity contribution < 1.29 is 23.5 Å². The van der Waals surface area contributed by atoms with E-state index in [0.717, 1.165) is 5.56 Å². The first-order chi connectivity index (χ1) is 15.0. The van der Waals surface area contributed by atoms with Crippen LogP contribution in [-0.4, -0.2) is 49.3 Å². The third kappa shape index (κ3) is 3.98. The molecule has 3 heterocycles. The zero-order chi connectivity index (χ0) is 22.0. The summed E-state index contributed by atoms with van der Waals surface area (Å²) in [5, 5.41) is 2.53. The first kappa shape index (κ1) is 20.5. The number of halogens is 1. The number of ether oxygens (including phenoxy) is 2. The molecule has 0 spiro atoms. The second-order valence-electron chi connectivity index (χ2n) is 6.85. The van der Waals surface area contributed by atoms with Gasteiger partial charge in [-0.2, -0.15) is 5.53 Å². The van der Waals surface area contributed by atoms with Gasteiger partial charge in [-0.3, -0.25) is 16.2 Å². The standard InChI is InChI=1S/C19H20FN7O4/c1-30-18(28)23-8-16-15-5-11-4-12(13(20)6-14(11)27(15)19(29)31-16)10-2-3-17(22-7-10)24-9-25-26-21/h2-4,6-7,9,15-16,26H,5,8,21H2,1H3,(H,23,28)(H,22,24,25)/t15-,16-/m0/s1. The number of fused-ring (bicyclic) bond motifs is 3. The maximum absolute atomic E-state index is 14.9. The average Bonchev–Trinajstić information content (AvgIpc) is 3.29. The Kier molecular flexibility index (Phi) is 5.64. The topological polar surface area (TPSA) is 143 Å². The van der Waals surface area contributed by atoms with Crippen molar-refractivity contribution in [2.75, 3.05) is 18.6 Å². The van der Waals surface area contributed by atoms with Crippen molar-refractivity contribution in [1.29, 1.82) is 0 Å². The number of hydrazine groups is 2. The molecular weight excluding hydrogens is 409 g/mol. The number of rotatable bonds is 6. The van der Waals surface area contributed by atoms with Crippen LogP contribution in [0.25, 0.3) is 11.1 Å². The van der Waals surface area contributed by atoms with Crippen LogP contribution in [-0.2, 0) is 15.9 Å². The summed E-state index contributed by atoms with van der Waals surface area (Å²) in [6, 6.07) is 6.04. The van der Waals surface area contributed by atoms with E-state index < -0.39 is 24.1 Å². The summed E-state index contributed by atoms with van der Waals surface area (Å²) in [5.74, 6) is 4.99. The van der Waals surface area contributed by atoms with E-state index in [1.807, 2.05) is 0 Å². The van der Waals surface area contributed by atoms with E-state index in [0.29, 0.717) is 29.1 Å². The summed E-state index contributed by atoms with van der Waals surface area (Å²) >= 11 is 0. The molecule has 2 aliphatic rings. The fourth-order valence-corrected chi connectivity index (χ4v) is 3.70. The lowest BCUT2D eigenvalue weighted by Gasteiger charge is -2.16. The Morgan fingerprint density at radius 2 is 2.32 bits per heavy atom. The maximum Gasteiger partial charge on any atom is 0.415 e. The van der Waals surface area contributed by atoms with Crippen LogP contribution in [0.5, 0.6) is 0 Å². The molecule has 12 heteroatoms. The summed E-state index contributed by atoms with van der Waals surface area (Å²) in [6.45, 7) is 0.101. The number of aliphatic imine (C=N–C) groups is 1. The molecule has 1 aromatic carbocycles. The Hall–Kier alpha value is -3.77. The lowest BCUT2D eigenvalue weighted by atomic mass is 10.00. The highest BCUT2D eigenvalue weighted by Gasteiger charge is 2.47. The normalized spacial score (nSPS) is 19.2. The largest absolute Gasteiger partial charge is 0.453 e. The molecule has 0 saturated carbocycles. The highest BCUT2D eigenvalue weighted by atomic mass is 19.1. The number of nitrogens with one attached hydrogen (secondary N) is 3. The minimum absolute atomic E-state index is 0.101. The number of pyridine rings is 1. The Bertz CT molecular complexity index is 1030. The molecule has 2 aromatic rings. The fourth-order valence-electron chi connectivity index (χ4n) is 3.70. The van der Waals surface area contributed by atoms with Gasteiger partial charge in [0.15, 0.2) is 5.82 Å². The van der Waals surface area contributed by atoms with Gasteiger partial charge in [0.2, 0.25) is 0 Å². The number of carbonyl (C=O) groups is 2. The SMILES string of the molecule is COC(=O)NC[C@@H]1OC(=O)N2c3cc(F)c(-c4ccc(N=CNNN)nc4)cc3C[C@@H]12. The Morgan fingerprint density at radius 3 is 3.03 bits per heavy atom. The number of nitrogens with two attached hydrogens (primary N) is 1. The Balaban J connectivity index is 1.56. The summed E-state index contributed by atoms with van der Waals surface area (Å²) in [7, 11) is 1.25. The minimum Gasteiger partial charge on any atom is -0.453 e. The third-order valence-corrected chi connectivity index (χ3v) is 5.10. The van der Waals surface area contributed by atoms with Crippen LogP contribution in [0.4, 0.5) is 25.5 Å². The monoisotopic (exact) mass is 429 g/mol. The van der Waals surface area contributed by atoms with Gasteiger partial charge in [0.1, 0.15) is 18.3 Å². The van der Waals surface area contributed by atoms with Gasteiger partial charge in [0.25, 0.3) is 0 Å². The first-order valence-electron chi connectivity index (χ1n) is 9.36. The molecule has 0 bridgehead atoms. The number of hydrogen-bond donors (Lipinski definition) is 4. The molecule has 11 nitrogen and oxygen atoms in total. The van der Waals surface area contributed by atoms with Gasteiger partial charge in [-0.25, -0.2) is 24.0 Å². The number of aromatic nitrogens is 1. The molecule has 5 N–H and O–H groups in total. The van der Waals surface area contributed by atoms with Crippen LogP contribution < -0.4 is 27.0 Å². The van der Waals surface area contributed by atoms with E-state index in [1.165, 1.54) is 30.6 Å². The molecule has 0 radical (unpaired) electrons. The summed E-state index contributed by atoms with van der Waals surface area (Å²) < 4.78 is 24.8. The number of cyclic esters (lactones) is 1. The van der Waals surface area contributed by atoms with E-state index in [2.05, 4.69) is 31.0 Å². The molecule has 2 atom stereocenters. The van der Waals surface area contributed by atoms with Crippen molar-refractivity contribution in [3.05, 3.63) is 41.8 Å². The predicted molar refractivity (Wildman–Crippen MR) is 109 cm³/mol. The van der Waals surface area contributed by atoms with Crippen molar-refractivity contribution in [1.82, 2.24) is 21.3 Å². The Labute approximate surface area is 176 Å². The predicted octanol–water partition coefficient (Wildman–Crippen LogP) is 1.12. The van der Waals surface area contributed by atoms with Crippen LogP contribution in [0.1, 0.15) is 5.56 Å². The van der Waals surface area contributed by atoms with Crippen molar-refractivity contribution in [3.63, 3.8) is 0 Å². The summed E-state index contributed by atoms with van der Waals surface area (Å²) in [6.07, 6.45) is 1.55. The van der Waals surface area contributed by atoms with Crippen molar-refractivity contribution in [2.45, 2.75) is 18.6 Å². The van der Waals surface area contributed by atoms with E-state index in [-0.39, 0.29) is 12.6 Å². The minimum atomic E-state index is -0.617. The van der Waals surface area contributed by atoms with Crippen molar-refractivity contribution >= 4 is 30.0 Å². The molecule has 0 unspecified atom stereocenters. The molecule has 31 heavy (non-hydrogen) atoms. The zero-order valence-corrected chi connectivity index (χ0v) is 16.5. The number of methoxy groups -OCH3 is 1. The second-order valence-corrected chi connectivity index (χ2v) is 6.85. The maximum atomic E-state index is 14.9. The van der Waals surface area contributed by atoms with E-state index in [1.54, 1.807) is 18.2 Å². The van der Waals surface area contributed by atoms with Crippen LogP contribution >= 0.6 is 0 Å². The van der Waals surface area contributed by atoms with Crippen molar-refractivity contribution in [3.8, 4) is 11.1 Å². The highest BCUT2D eigenvalue weighted by Crippen LogP contribution is 2.41. The summed E-state index contributed by atoms with van der Waals surface area (Å²) in [5.41, 5.74) is 6.90. The fraction of sp³-hybridized carbons (Fsp3) is 0.263. The Morgan fingerprint density at radius 1 is 1.48 bits per heavy atom. The number of amides is 2. The van der Waals surface area contributed by atoms with Gasteiger partial charge in [0, 0.05) is 17.3 Å². The lowest BCUT2D eigenvalue weighted by molar-refractivity contribution is 0.123. The molecule has 2 aliphatic heterocycles. The van der Waals surface area contributed by atoms with Crippen LogP contribution in [0.2, 0.25) is 0 Å². The van der Waals surface area contributed by atoms with Gasteiger partial charge in [-0.15, -0.1) is 0 Å². The smallest absolute Gasteiger partial charge is 0.415 e. The first-order valence-corrected chi connectivity index (χ1v) is 9.36. The highest BCUT2D eigenvalue weighted by molar-refractivity contribution is 5.94. The van der Waals surface area contributed by atoms with Crippen LogP contribution in [0.15, 0.2) is 35.5 Å². The zero-order valence-electron chi connectivity index (χ0n) is 16.5. The molecule has 1 aromatic heterocycles. The van der Waals surface area contributed by atoms with E-state index in [9.17, 15) is 14.0 Å². The number of carbonyl (C=O) groups excluding carboxylic acids is 2. The second kappa shape index (κ2) is 8.53. The van der Waals surface area contributed by atoms with Gasteiger partial charge in [-0.05, 0) is 36.2 Å². The molecule has 0 aliphatic carbocycles. The summed E-state index contributed by atoms with van der Waals surface area (Å²) in [4.78, 5) is 33.3. The lowest BCUT2D eigenvalue weighted by Crippen LogP contribution is -2.40. The average molecular weight is 429 g/mol. The van der Waals surface area contributed by atoms with Crippen LogP contribution in [0, 0.1) is 5.82 Å². The van der Waals surface area contributed by atoms with Crippen molar-refractivity contribution in [2.24, 2.45) is 10.8 Å². The van der Waals surface area contributed by atoms with E-state index >= 15 is 0 Å². The molecule has 2 amide bonds. The van der Waals surface area contributed by atoms with Gasteiger partial charge >= 0.3 is 12.2 Å². The molecule has 1 saturated heterocycles. The van der Waals surface area contributed by atoms with E-state index in [4.69, 9.17) is 10.6 Å². The van der Waals surface area contributed by atoms with Gasteiger partial charge < -0.3 is 14.8 Å². The molecule has 162 valence electrons. The number of benzene rings is 1. The molecule has 1 fully saturated rings. The van der Waals surface area contributed by atoms with Crippen LogP contribution in [0.3, 0.4) is 0 Å². The molecular formula is C19H20FN7O4. The van der Waals surface area contributed by atoms with Gasteiger partial charge in [0.05, 0.1) is 25.4 Å². The number of anilines is 1. The third-order valence-electron chi connectivity index (χ3n) is 5.10.